The number of anilines is 2. The molecule has 0 aliphatic heterocycles. The van der Waals surface area contributed by atoms with E-state index >= 15 is 0 Å². The Kier molecular flexibility index (Phi) is 4.30. The van der Waals surface area contributed by atoms with Crippen molar-refractivity contribution >= 4 is 27.8 Å². The predicted octanol–water partition coefficient (Wildman–Crippen LogP) is 2.88. The summed E-state index contributed by atoms with van der Waals surface area (Å²) in [6, 6.07) is 6.37. The number of nitrogens with zero attached hydrogens (tertiary/aromatic N) is 2. The van der Waals surface area contributed by atoms with Crippen LogP contribution in [0, 0.1) is 17.0 Å². The lowest BCUT2D eigenvalue weighted by Crippen LogP contribution is -2.13. The van der Waals surface area contributed by atoms with E-state index in [-0.39, 0.29) is 5.69 Å². The van der Waals surface area contributed by atoms with Gasteiger partial charge >= 0.3 is 0 Å². The third kappa shape index (κ3) is 3.92. The summed E-state index contributed by atoms with van der Waals surface area (Å²) < 4.78 is 0. The molecule has 6 nitrogen and oxygen atoms in total. The first-order chi connectivity index (χ1) is 9.15. The topological polar surface area (TPSA) is 80.1 Å². The Balaban J connectivity index is 1.75. The molecule has 2 N–H and O–H groups in total. The predicted molar refractivity (Wildman–Crippen MR) is 76.9 cm³/mol. The molecule has 0 spiro atoms. The fourth-order valence-electron chi connectivity index (χ4n) is 1.51. The summed E-state index contributed by atoms with van der Waals surface area (Å²) in [5.74, 6) is 0. The van der Waals surface area contributed by atoms with Gasteiger partial charge in [-0.1, -0.05) is 0 Å². The first-order valence-electron chi connectivity index (χ1n) is 5.80. The zero-order valence-electron chi connectivity index (χ0n) is 10.4. The highest BCUT2D eigenvalue weighted by atomic mass is 32.1. The van der Waals surface area contributed by atoms with Crippen molar-refractivity contribution in [3.8, 4) is 0 Å². The Bertz CT molecular complexity index is 553. The molecule has 1 heterocycles. The smallest absolute Gasteiger partial charge is 0.269 e. The number of hydrogen-bond acceptors (Lipinski definition) is 6. The van der Waals surface area contributed by atoms with E-state index in [0.29, 0.717) is 0 Å². The number of nitro benzene ring substituents is 1. The lowest BCUT2D eigenvalue weighted by Gasteiger charge is -2.06. The van der Waals surface area contributed by atoms with Crippen LogP contribution in [0.3, 0.4) is 0 Å². The van der Waals surface area contributed by atoms with Crippen molar-refractivity contribution in [3.63, 3.8) is 0 Å². The largest absolute Gasteiger partial charge is 0.383 e. The van der Waals surface area contributed by atoms with Crippen molar-refractivity contribution in [2.45, 2.75) is 6.92 Å². The average molecular weight is 278 g/mol. The van der Waals surface area contributed by atoms with Crippen molar-refractivity contribution in [1.82, 2.24) is 4.98 Å². The number of nitro groups is 1. The fourth-order valence-corrected chi connectivity index (χ4v) is 2.20. The van der Waals surface area contributed by atoms with Crippen molar-refractivity contribution in [2.75, 3.05) is 23.7 Å². The molecule has 0 aliphatic carbocycles. The number of thiazole rings is 1. The summed E-state index contributed by atoms with van der Waals surface area (Å²) in [6.07, 6.45) is 1.83. The van der Waals surface area contributed by atoms with Crippen molar-refractivity contribution in [2.24, 2.45) is 0 Å². The highest BCUT2D eigenvalue weighted by Crippen LogP contribution is 2.16. The van der Waals surface area contributed by atoms with E-state index < -0.39 is 4.92 Å². The monoisotopic (exact) mass is 278 g/mol. The van der Waals surface area contributed by atoms with Gasteiger partial charge in [-0.2, -0.15) is 0 Å². The first kappa shape index (κ1) is 13.3. The molecule has 1 aromatic heterocycles. The van der Waals surface area contributed by atoms with E-state index in [1.807, 2.05) is 13.1 Å². The maximum absolute atomic E-state index is 10.5. The van der Waals surface area contributed by atoms with Gasteiger partial charge in [0.2, 0.25) is 0 Å². The van der Waals surface area contributed by atoms with Crippen LogP contribution in [0.5, 0.6) is 0 Å². The summed E-state index contributed by atoms with van der Waals surface area (Å²) >= 11 is 1.61. The molecule has 0 amide bonds. The molecule has 0 bridgehead atoms. The van der Waals surface area contributed by atoms with E-state index in [4.69, 9.17) is 0 Å². The van der Waals surface area contributed by atoms with Gasteiger partial charge in [0.05, 0.1) is 4.92 Å². The van der Waals surface area contributed by atoms with Crippen molar-refractivity contribution in [3.05, 3.63) is 45.5 Å². The van der Waals surface area contributed by atoms with Crippen LogP contribution in [0.15, 0.2) is 30.5 Å². The molecule has 2 rings (SSSR count). The summed E-state index contributed by atoms with van der Waals surface area (Å²) in [7, 11) is 0. The second-order valence-corrected chi connectivity index (χ2v) is 5.17. The van der Waals surface area contributed by atoms with Crippen LogP contribution in [0.4, 0.5) is 16.5 Å². The maximum atomic E-state index is 10.5. The molecule has 0 atom stereocenters. The standard InChI is InChI=1S/C12H14N4O2S/c1-9-8-15-12(19-9)14-7-6-13-10-2-4-11(5-3-10)16(17)18/h2-5,8,13H,6-7H2,1H3,(H,14,15). The van der Waals surface area contributed by atoms with Gasteiger partial charge in [-0.15, -0.1) is 11.3 Å². The second kappa shape index (κ2) is 6.14. The number of nitrogens with one attached hydrogen (secondary N) is 2. The molecule has 2 aromatic rings. The summed E-state index contributed by atoms with van der Waals surface area (Å²) in [5, 5.41) is 17.8. The number of non-ortho nitro benzene ring substituents is 1. The van der Waals surface area contributed by atoms with E-state index in [1.165, 1.54) is 17.0 Å². The van der Waals surface area contributed by atoms with Crippen molar-refractivity contribution in [1.29, 1.82) is 0 Å². The highest BCUT2D eigenvalue weighted by molar-refractivity contribution is 7.15. The zero-order chi connectivity index (χ0) is 13.7. The summed E-state index contributed by atoms with van der Waals surface area (Å²) in [6.45, 7) is 3.47. The van der Waals surface area contributed by atoms with Gasteiger partial charge in [-0.25, -0.2) is 4.98 Å². The molecule has 100 valence electrons. The minimum Gasteiger partial charge on any atom is -0.383 e. The number of benzene rings is 1. The minimum atomic E-state index is -0.407. The molecule has 19 heavy (non-hydrogen) atoms. The van der Waals surface area contributed by atoms with Crippen LogP contribution in [0.25, 0.3) is 0 Å². The van der Waals surface area contributed by atoms with E-state index in [0.717, 1.165) is 23.9 Å². The third-order valence-electron chi connectivity index (χ3n) is 2.43. The Morgan fingerprint density at radius 1 is 1.26 bits per heavy atom. The minimum absolute atomic E-state index is 0.0990. The van der Waals surface area contributed by atoms with E-state index in [1.54, 1.807) is 23.5 Å². The van der Waals surface area contributed by atoms with E-state index in [9.17, 15) is 10.1 Å². The van der Waals surface area contributed by atoms with Gasteiger partial charge in [0.1, 0.15) is 0 Å². The quantitative estimate of drug-likeness (QED) is 0.482. The average Bonchev–Trinajstić information content (AvgIpc) is 2.81. The molecule has 0 saturated heterocycles. The molecule has 0 aliphatic rings. The van der Waals surface area contributed by atoms with Crippen LogP contribution in [-0.2, 0) is 0 Å². The van der Waals surface area contributed by atoms with E-state index in [2.05, 4.69) is 15.6 Å². The Morgan fingerprint density at radius 3 is 2.53 bits per heavy atom. The summed E-state index contributed by atoms with van der Waals surface area (Å²) in [5.41, 5.74) is 0.963. The van der Waals surface area contributed by atoms with Gasteiger partial charge in [0, 0.05) is 42.0 Å². The van der Waals surface area contributed by atoms with Crippen LogP contribution in [-0.4, -0.2) is 23.0 Å². The number of aryl methyl sites for hydroxylation is 1. The Morgan fingerprint density at radius 2 is 1.95 bits per heavy atom. The maximum Gasteiger partial charge on any atom is 0.269 e. The van der Waals surface area contributed by atoms with Crippen LogP contribution >= 0.6 is 11.3 Å². The van der Waals surface area contributed by atoms with Gasteiger partial charge < -0.3 is 10.6 Å². The van der Waals surface area contributed by atoms with Gasteiger partial charge in [0.15, 0.2) is 5.13 Å². The summed E-state index contributed by atoms with van der Waals surface area (Å²) in [4.78, 5) is 15.5. The normalized spacial score (nSPS) is 10.2. The molecular weight excluding hydrogens is 264 g/mol. The first-order valence-corrected chi connectivity index (χ1v) is 6.61. The zero-order valence-corrected chi connectivity index (χ0v) is 11.2. The molecular formula is C12H14N4O2S. The van der Waals surface area contributed by atoms with Crippen LogP contribution in [0.2, 0.25) is 0 Å². The van der Waals surface area contributed by atoms with Gasteiger partial charge in [-0.05, 0) is 19.1 Å². The van der Waals surface area contributed by atoms with Gasteiger partial charge in [-0.3, -0.25) is 10.1 Å². The van der Waals surface area contributed by atoms with Crippen LogP contribution in [0.1, 0.15) is 4.88 Å². The molecule has 0 radical (unpaired) electrons. The molecule has 7 heteroatoms. The highest BCUT2D eigenvalue weighted by Gasteiger charge is 2.03. The van der Waals surface area contributed by atoms with Crippen molar-refractivity contribution < 1.29 is 4.92 Å². The molecule has 0 saturated carbocycles. The Hall–Kier alpha value is -2.15. The number of rotatable bonds is 6. The lowest BCUT2D eigenvalue weighted by molar-refractivity contribution is -0.384. The second-order valence-electron chi connectivity index (χ2n) is 3.93. The lowest BCUT2D eigenvalue weighted by atomic mass is 10.3. The molecule has 0 unspecified atom stereocenters. The number of hydrogen-bond donors (Lipinski definition) is 2. The number of aromatic nitrogens is 1. The van der Waals surface area contributed by atoms with Gasteiger partial charge in [0.25, 0.3) is 5.69 Å². The third-order valence-corrected chi connectivity index (χ3v) is 3.30. The Labute approximate surface area is 114 Å². The molecule has 0 fully saturated rings. The fraction of sp³-hybridized carbons (Fsp3) is 0.250. The SMILES string of the molecule is Cc1cnc(NCCNc2ccc([N+](=O)[O-])cc2)s1. The van der Waals surface area contributed by atoms with Crippen LogP contribution < -0.4 is 10.6 Å². The molecule has 1 aromatic carbocycles.